The lowest BCUT2D eigenvalue weighted by molar-refractivity contribution is 0.102. The summed E-state index contributed by atoms with van der Waals surface area (Å²) >= 11 is 5.68. The Morgan fingerprint density at radius 3 is 2.74 bits per heavy atom. The van der Waals surface area contributed by atoms with E-state index in [1.807, 2.05) is 0 Å². The number of hydrogen-bond acceptors (Lipinski definition) is 5. The number of amides is 1. The standard InChI is InChI=1S/C13H10ClFN2O.C5H9FN2O/c1-8-6-10(3-4-11(8)15)17-13(18)12-5-2-9(14)7-16-12;6-1-4-2-9-3-5(7)8-4/h2-7H,1H3,(H,17,18);4H,1-3H2,(H2,7,8). The van der Waals surface area contributed by atoms with Gasteiger partial charge in [-0.15, -0.1) is 0 Å². The molecule has 3 rings (SSSR count). The highest BCUT2D eigenvalue weighted by Gasteiger charge is 2.12. The van der Waals surface area contributed by atoms with Crippen LogP contribution in [0.15, 0.2) is 41.5 Å². The van der Waals surface area contributed by atoms with Crippen LogP contribution < -0.4 is 11.1 Å². The summed E-state index contributed by atoms with van der Waals surface area (Å²) in [5.41, 5.74) is 6.50. The number of amidine groups is 1. The molecule has 0 saturated carbocycles. The first kappa shape index (κ1) is 20.7. The first-order valence-electron chi connectivity index (χ1n) is 8.04. The molecule has 1 aliphatic heterocycles. The van der Waals surface area contributed by atoms with Crippen molar-refractivity contribution in [3.05, 3.63) is 58.6 Å². The van der Waals surface area contributed by atoms with Crippen LogP contribution in [0.25, 0.3) is 0 Å². The van der Waals surface area contributed by atoms with Gasteiger partial charge in [-0.05, 0) is 42.8 Å². The van der Waals surface area contributed by atoms with Crippen LogP contribution in [0.4, 0.5) is 14.5 Å². The fourth-order valence-electron chi connectivity index (χ4n) is 2.12. The summed E-state index contributed by atoms with van der Waals surface area (Å²) in [5, 5.41) is 3.10. The number of nitrogens with zero attached hydrogens (tertiary/aromatic N) is 2. The quantitative estimate of drug-likeness (QED) is 0.834. The summed E-state index contributed by atoms with van der Waals surface area (Å²) in [5.74, 6) is -0.279. The molecular weight excluding hydrogens is 378 g/mol. The highest BCUT2D eigenvalue weighted by atomic mass is 35.5. The number of aliphatic imine (C=N–C) groups is 1. The summed E-state index contributed by atoms with van der Waals surface area (Å²) in [6, 6.07) is 7.10. The lowest BCUT2D eigenvalue weighted by Crippen LogP contribution is -2.31. The highest BCUT2D eigenvalue weighted by Crippen LogP contribution is 2.15. The van der Waals surface area contributed by atoms with Crippen LogP contribution in [-0.2, 0) is 4.74 Å². The Kier molecular flexibility index (Phi) is 7.63. The highest BCUT2D eigenvalue weighted by molar-refractivity contribution is 6.30. The van der Waals surface area contributed by atoms with Crippen molar-refractivity contribution in [1.82, 2.24) is 4.98 Å². The van der Waals surface area contributed by atoms with Gasteiger partial charge in [0.25, 0.3) is 5.91 Å². The largest absolute Gasteiger partial charge is 0.386 e. The van der Waals surface area contributed by atoms with Gasteiger partial charge in [0.1, 0.15) is 36.7 Å². The van der Waals surface area contributed by atoms with Crippen molar-refractivity contribution >= 4 is 29.0 Å². The van der Waals surface area contributed by atoms with Gasteiger partial charge in [-0.25, -0.2) is 13.8 Å². The minimum absolute atomic E-state index is 0.251. The monoisotopic (exact) mass is 396 g/mol. The van der Waals surface area contributed by atoms with E-state index in [2.05, 4.69) is 15.3 Å². The lowest BCUT2D eigenvalue weighted by atomic mass is 10.2. The number of pyridine rings is 1. The van der Waals surface area contributed by atoms with E-state index >= 15 is 0 Å². The van der Waals surface area contributed by atoms with Crippen molar-refractivity contribution < 1.29 is 18.3 Å². The van der Waals surface area contributed by atoms with Crippen molar-refractivity contribution in [2.75, 3.05) is 25.2 Å². The molecule has 1 aromatic heterocycles. The maximum atomic E-state index is 13.1. The third-order valence-electron chi connectivity index (χ3n) is 3.46. The van der Waals surface area contributed by atoms with Crippen LogP contribution in [0.1, 0.15) is 16.1 Å². The van der Waals surface area contributed by atoms with E-state index in [0.717, 1.165) is 0 Å². The Morgan fingerprint density at radius 2 is 2.19 bits per heavy atom. The second-order valence-corrected chi connectivity index (χ2v) is 6.16. The molecule has 6 nitrogen and oxygen atoms in total. The number of nitrogens with two attached hydrogens (primary N) is 1. The second-order valence-electron chi connectivity index (χ2n) is 5.72. The van der Waals surface area contributed by atoms with Crippen LogP contribution in [0.5, 0.6) is 0 Å². The summed E-state index contributed by atoms with van der Waals surface area (Å²) in [4.78, 5) is 19.5. The zero-order chi connectivity index (χ0) is 19.8. The topological polar surface area (TPSA) is 89.6 Å². The number of hydrogen-bond donors (Lipinski definition) is 2. The van der Waals surface area contributed by atoms with Crippen molar-refractivity contribution in [3.8, 4) is 0 Å². The summed E-state index contributed by atoms with van der Waals surface area (Å²) < 4.78 is 29.8. The van der Waals surface area contributed by atoms with Gasteiger partial charge in [-0.1, -0.05) is 11.6 Å². The number of alkyl halides is 1. The number of nitrogens with one attached hydrogen (secondary N) is 1. The van der Waals surface area contributed by atoms with Crippen LogP contribution in [-0.4, -0.2) is 42.7 Å². The Morgan fingerprint density at radius 1 is 1.41 bits per heavy atom. The molecule has 0 saturated heterocycles. The Balaban J connectivity index is 0.000000244. The van der Waals surface area contributed by atoms with Gasteiger partial charge < -0.3 is 15.8 Å². The fourth-order valence-corrected chi connectivity index (χ4v) is 2.23. The number of halogens is 3. The molecule has 0 spiro atoms. The number of rotatable bonds is 3. The van der Waals surface area contributed by atoms with Gasteiger partial charge in [0, 0.05) is 11.9 Å². The molecular formula is C18H19ClF2N4O2. The lowest BCUT2D eigenvalue weighted by Gasteiger charge is -2.15. The maximum absolute atomic E-state index is 13.1. The van der Waals surface area contributed by atoms with E-state index in [4.69, 9.17) is 22.1 Å². The molecule has 1 aliphatic rings. The van der Waals surface area contributed by atoms with E-state index in [-0.39, 0.29) is 23.5 Å². The average Bonchev–Trinajstić information content (AvgIpc) is 2.66. The van der Waals surface area contributed by atoms with E-state index in [0.29, 0.717) is 35.3 Å². The molecule has 0 fully saturated rings. The molecule has 0 radical (unpaired) electrons. The Bertz CT molecular complexity index is 816. The third-order valence-corrected chi connectivity index (χ3v) is 3.69. The molecule has 0 bridgehead atoms. The molecule has 0 aliphatic carbocycles. The first-order valence-corrected chi connectivity index (χ1v) is 8.41. The minimum atomic E-state index is -0.485. The molecule has 2 aromatic rings. The zero-order valence-corrected chi connectivity index (χ0v) is 15.3. The van der Waals surface area contributed by atoms with Crippen molar-refractivity contribution in [2.24, 2.45) is 10.7 Å². The Hall–Kier alpha value is -2.58. The zero-order valence-electron chi connectivity index (χ0n) is 14.6. The summed E-state index contributed by atoms with van der Waals surface area (Å²) in [6.45, 7) is 1.85. The number of carbonyl (C=O) groups is 1. The summed E-state index contributed by atoms with van der Waals surface area (Å²) in [7, 11) is 0. The van der Waals surface area contributed by atoms with Gasteiger partial charge in [0.2, 0.25) is 0 Å². The molecule has 1 amide bonds. The molecule has 3 N–H and O–H groups in total. The number of aromatic nitrogens is 1. The van der Waals surface area contributed by atoms with Gasteiger partial charge in [0.05, 0.1) is 11.6 Å². The average molecular weight is 397 g/mol. The predicted octanol–water partition coefficient (Wildman–Crippen LogP) is 3.15. The summed E-state index contributed by atoms with van der Waals surface area (Å²) in [6.07, 6.45) is 1.40. The number of ether oxygens (including phenoxy) is 1. The van der Waals surface area contributed by atoms with Crippen molar-refractivity contribution in [1.29, 1.82) is 0 Å². The number of anilines is 1. The molecule has 1 aromatic carbocycles. The predicted molar refractivity (Wildman–Crippen MR) is 101 cm³/mol. The minimum Gasteiger partial charge on any atom is -0.386 e. The van der Waals surface area contributed by atoms with Crippen LogP contribution in [0, 0.1) is 12.7 Å². The van der Waals surface area contributed by atoms with Gasteiger partial charge in [-0.3, -0.25) is 9.79 Å². The van der Waals surface area contributed by atoms with E-state index in [1.54, 1.807) is 19.1 Å². The number of carbonyl (C=O) groups excluding carboxylic acids is 1. The maximum Gasteiger partial charge on any atom is 0.274 e. The Labute approximate surface area is 160 Å². The second kappa shape index (κ2) is 9.94. The molecule has 1 atom stereocenters. The van der Waals surface area contributed by atoms with E-state index in [1.165, 1.54) is 24.4 Å². The molecule has 27 heavy (non-hydrogen) atoms. The van der Waals surface area contributed by atoms with Crippen molar-refractivity contribution in [3.63, 3.8) is 0 Å². The van der Waals surface area contributed by atoms with Gasteiger partial charge in [0.15, 0.2) is 0 Å². The molecule has 1 unspecified atom stereocenters. The number of aryl methyl sites for hydroxylation is 1. The SMILES string of the molecule is Cc1cc(NC(=O)c2ccc(Cl)cn2)ccc1F.NC1=NC(CF)COC1. The molecule has 2 heterocycles. The fraction of sp³-hybridized carbons (Fsp3) is 0.278. The normalized spacial score (nSPS) is 16.0. The van der Waals surface area contributed by atoms with Crippen molar-refractivity contribution in [2.45, 2.75) is 13.0 Å². The smallest absolute Gasteiger partial charge is 0.274 e. The van der Waals surface area contributed by atoms with Gasteiger partial charge in [-0.2, -0.15) is 0 Å². The van der Waals surface area contributed by atoms with E-state index < -0.39 is 6.67 Å². The molecule has 9 heteroatoms. The van der Waals surface area contributed by atoms with E-state index in [9.17, 15) is 13.6 Å². The van der Waals surface area contributed by atoms with Crippen LogP contribution in [0.2, 0.25) is 5.02 Å². The molecule has 144 valence electrons. The van der Waals surface area contributed by atoms with Gasteiger partial charge >= 0.3 is 0 Å². The first-order chi connectivity index (χ1) is 12.9. The third kappa shape index (κ3) is 6.58. The van der Waals surface area contributed by atoms with Crippen LogP contribution >= 0.6 is 11.6 Å². The number of benzene rings is 1. The van der Waals surface area contributed by atoms with Crippen LogP contribution in [0.3, 0.4) is 0 Å².